The van der Waals surface area contributed by atoms with Gasteiger partial charge >= 0.3 is 37.7 Å². The molecule has 1 saturated heterocycles. The van der Waals surface area contributed by atoms with Crippen molar-refractivity contribution in [3.63, 3.8) is 0 Å². The first-order chi connectivity index (χ1) is 17.8. The van der Waals surface area contributed by atoms with Gasteiger partial charge in [0.25, 0.3) is 5.91 Å². The molecule has 6 nitrogen and oxygen atoms in total. The van der Waals surface area contributed by atoms with Crippen LogP contribution in [-0.4, -0.2) is 49.2 Å². The van der Waals surface area contributed by atoms with Gasteiger partial charge < -0.3 is 21.8 Å². The summed E-state index contributed by atoms with van der Waals surface area (Å²) in [4.78, 5) is 32.5. The van der Waals surface area contributed by atoms with Crippen LogP contribution in [0.2, 0.25) is 0 Å². The molecular weight excluding hydrogens is 735 g/mol. The van der Waals surface area contributed by atoms with Gasteiger partial charge in [0.05, 0.1) is 18.1 Å². The van der Waals surface area contributed by atoms with E-state index in [0.29, 0.717) is 17.0 Å². The van der Waals surface area contributed by atoms with Gasteiger partial charge in [0, 0.05) is 36.9 Å². The molecule has 200 valence electrons. The molecule has 3 aliphatic rings. The third kappa shape index (κ3) is 5.92. The minimum absolute atomic E-state index is 0. The number of ether oxygens (including phenoxy) is 2. The summed E-state index contributed by atoms with van der Waals surface area (Å²) in [6, 6.07) is 13.4. The second-order valence-electron chi connectivity index (χ2n) is 8.84. The average Bonchev–Trinajstić information content (AvgIpc) is 3.56. The number of para-hydroxylation sites is 1. The number of amides is 2. The standard InChI is InChI=1S/C28H22F3N2O4.CH3.U/c1-36-19-6-4-5-17(15-19)26(35)33-14-13-24(28(16-33)21-11-9-18(29)10-12-22(21)28)32-25(34)20-7-2-3-8-23(20)37-27(30)31;;/h2-5,7-12,15,21,27H,13-14,16H2,1H3;1H3;/q2*-1;+2/t21?,28-;;/m1../s1. The summed E-state index contributed by atoms with van der Waals surface area (Å²) < 4.78 is 49.3. The van der Waals surface area contributed by atoms with E-state index in [4.69, 9.17) is 4.74 Å². The van der Waals surface area contributed by atoms with E-state index >= 15 is 0 Å². The second-order valence-corrected chi connectivity index (χ2v) is 8.84. The predicted molar refractivity (Wildman–Crippen MR) is 136 cm³/mol. The Labute approximate surface area is 248 Å². The van der Waals surface area contributed by atoms with E-state index < -0.39 is 23.8 Å². The van der Waals surface area contributed by atoms with Crippen molar-refractivity contribution in [1.82, 2.24) is 4.90 Å². The number of piperidine rings is 1. The molecule has 39 heavy (non-hydrogen) atoms. The molecular formula is C29H25F3N2O4U. The van der Waals surface area contributed by atoms with Gasteiger partial charge in [-0.3, -0.25) is 9.59 Å². The summed E-state index contributed by atoms with van der Waals surface area (Å²) in [6.45, 7) is -2.58. The first-order valence-corrected chi connectivity index (χ1v) is 11.6. The number of hydrogen-bond acceptors (Lipinski definition) is 4. The first-order valence-electron chi connectivity index (χ1n) is 11.6. The maximum Gasteiger partial charge on any atom is 2.00 e. The molecule has 1 spiro atoms. The smallest absolute Gasteiger partial charge is 0.523 e. The number of aliphatic imine (C=N–C) groups is 1. The van der Waals surface area contributed by atoms with Crippen molar-refractivity contribution in [2.24, 2.45) is 16.3 Å². The zero-order valence-corrected chi connectivity index (χ0v) is 25.5. The second kappa shape index (κ2) is 12.4. The molecule has 1 unspecified atom stereocenters. The molecule has 0 bridgehead atoms. The minimum atomic E-state index is -3.09. The third-order valence-electron chi connectivity index (χ3n) is 6.84. The minimum Gasteiger partial charge on any atom is -0.523 e. The number of hydrogen-bond donors (Lipinski definition) is 0. The zero-order chi connectivity index (χ0) is 26.2. The molecule has 0 aromatic heterocycles. The van der Waals surface area contributed by atoms with Crippen molar-refractivity contribution in [2.75, 3.05) is 20.2 Å². The number of allylic oxidation sites excluding steroid dienone is 5. The number of nitrogens with zero attached hydrogens (tertiary/aromatic N) is 2. The summed E-state index contributed by atoms with van der Waals surface area (Å²) >= 11 is 0. The summed E-state index contributed by atoms with van der Waals surface area (Å²) in [5, 5.41) is 0. The van der Waals surface area contributed by atoms with E-state index in [-0.39, 0.29) is 81.2 Å². The summed E-state index contributed by atoms with van der Waals surface area (Å²) in [7, 11) is 1.49. The van der Waals surface area contributed by atoms with Crippen LogP contribution in [0.4, 0.5) is 13.2 Å². The van der Waals surface area contributed by atoms with E-state index in [2.05, 4.69) is 15.8 Å². The van der Waals surface area contributed by atoms with Gasteiger partial charge in [-0.15, -0.1) is 12.1 Å². The zero-order valence-electron chi connectivity index (χ0n) is 21.3. The number of fused-ring (bicyclic) bond motifs is 3. The van der Waals surface area contributed by atoms with Crippen molar-refractivity contribution >= 4 is 17.5 Å². The first kappa shape index (κ1) is 30.5. The maximum absolute atomic E-state index is 13.9. The molecule has 2 atom stereocenters. The van der Waals surface area contributed by atoms with E-state index in [1.54, 1.807) is 35.3 Å². The van der Waals surface area contributed by atoms with Crippen LogP contribution in [0.5, 0.6) is 11.5 Å². The number of methoxy groups -OCH3 is 1. The average molecular weight is 761 g/mol. The molecule has 1 saturated carbocycles. The Morgan fingerprint density at radius 3 is 2.72 bits per heavy atom. The van der Waals surface area contributed by atoms with Crippen LogP contribution in [0.3, 0.4) is 0 Å². The quantitative estimate of drug-likeness (QED) is 0.371. The number of carbonyl (C=O) groups is 2. The monoisotopic (exact) mass is 760 g/mol. The molecule has 2 aromatic carbocycles. The molecule has 2 amide bonds. The third-order valence-corrected chi connectivity index (χ3v) is 6.84. The van der Waals surface area contributed by atoms with E-state index in [0.717, 1.165) is 5.57 Å². The number of benzene rings is 2. The van der Waals surface area contributed by atoms with Crippen molar-refractivity contribution in [3.05, 3.63) is 103 Å². The van der Waals surface area contributed by atoms with E-state index in [1.165, 1.54) is 43.5 Å². The van der Waals surface area contributed by atoms with Crippen LogP contribution >= 0.6 is 0 Å². The van der Waals surface area contributed by atoms with E-state index in [1.807, 2.05) is 0 Å². The topological polar surface area (TPSA) is 68.2 Å². The summed E-state index contributed by atoms with van der Waals surface area (Å²) in [6.07, 6.45) is 6.33. The van der Waals surface area contributed by atoms with Gasteiger partial charge in [-0.05, 0) is 29.9 Å². The fourth-order valence-electron chi connectivity index (χ4n) is 5.06. The van der Waals surface area contributed by atoms with Crippen LogP contribution in [0.1, 0.15) is 27.1 Å². The van der Waals surface area contributed by atoms with E-state index in [9.17, 15) is 22.8 Å². The SMILES string of the molecule is COc1[c-]ccc(C(=O)N2CCC(=NC(=O)c3ccccc3OC(F)F)[C@@]3(C2)C2=CC=C(F)C=CC23)c1.[CH3-].[U+2]. The summed E-state index contributed by atoms with van der Waals surface area (Å²) in [5.41, 5.74) is 0.894. The van der Waals surface area contributed by atoms with Gasteiger partial charge in [-0.1, -0.05) is 29.8 Å². The predicted octanol–water partition coefficient (Wildman–Crippen LogP) is 5.64. The molecule has 2 fully saturated rings. The van der Waals surface area contributed by atoms with Crippen LogP contribution in [0, 0.1) is 55.9 Å². The normalized spacial score (nSPS) is 22.1. The number of halogens is 3. The molecule has 2 aliphatic carbocycles. The number of likely N-dealkylation sites (tertiary alicyclic amines) is 1. The van der Waals surface area contributed by atoms with Crippen LogP contribution in [0.15, 0.2) is 83.2 Å². The van der Waals surface area contributed by atoms with Gasteiger partial charge in [0.15, 0.2) is 0 Å². The van der Waals surface area contributed by atoms with Crippen LogP contribution < -0.4 is 9.47 Å². The Morgan fingerprint density at radius 1 is 1.21 bits per heavy atom. The Kier molecular flexibility index (Phi) is 9.68. The van der Waals surface area contributed by atoms with Crippen LogP contribution in [0.25, 0.3) is 0 Å². The van der Waals surface area contributed by atoms with Crippen molar-refractivity contribution in [3.8, 4) is 11.5 Å². The molecule has 1 heterocycles. The molecule has 0 N–H and O–H groups in total. The Hall–Kier alpha value is -3.09. The van der Waals surface area contributed by atoms with Gasteiger partial charge in [0.1, 0.15) is 11.6 Å². The molecule has 2 aromatic rings. The Balaban J connectivity index is 0.00000210. The fourth-order valence-corrected chi connectivity index (χ4v) is 5.06. The van der Waals surface area contributed by atoms with Crippen molar-refractivity contribution in [1.29, 1.82) is 0 Å². The summed E-state index contributed by atoms with van der Waals surface area (Å²) in [5.74, 6) is -1.44. The number of rotatable bonds is 5. The number of alkyl halides is 2. The molecule has 5 rings (SSSR count). The fraction of sp³-hybridized carbons (Fsp3) is 0.241. The van der Waals surface area contributed by atoms with Crippen LogP contribution in [-0.2, 0) is 0 Å². The molecule has 10 heteroatoms. The van der Waals surface area contributed by atoms with Crippen molar-refractivity contribution < 1.29 is 63.3 Å². The van der Waals surface area contributed by atoms with Gasteiger partial charge in [-0.25, -0.2) is 9.38 Å². The van der Waals surface area contributed by atoms with Gasteiger partial charge in [0.2, 0.25) is 5.91 Å². The Bertz CT molecular complexity index is 1390. The van der Waals surface area contributed by atoms with Crippen molar-refractivity contribution in [2.45, 2.75) is 13.0 Å². The number of carbonyl (C=O) groups excluding carboxylic acids is 2. The maximum atomic E-state index is 13.9. The van der Waals surface area contributed by atoms with Gasteiger partial charge in [-0.2, -0.15) is 20.9 Å². The molecule has 1 aliphatic heterocycles. The largest absolute Gasteiger partial charge is 2.00 e. The Morgan fingerprint density at radius 2 is 1.97 bits per heavy atom. The molecule has 0 radical (unpaired) electrons.